The van der Waals surface area contributed by atoms with Crippen molar-refractivity contribution >= 4 is 16.7 Å². The summed E-state index contributed by atoms with van der Waals surface area (Å²) in [6, 6.07) is 7.13. The van der Waals surface area contributed by atoms with E-state index in [4.69, 9.17) is 14.6 Å². The Morgan fingerprint density at radius 3 is 2.67 bits per heavy atom. The van der Waals surface area contributed by atoms with Crippen molar-refractivity contribution in [3.05, 3.63) is 36.0 Å². The summed E-state index contributed by atoms with van der Waals surface area (Å²) in [5.41, 5.74) is 0.171. The number of aromatic carboxylic acids is 1. The van der Waals surface area contributed by atoms with Gasteiger partial charge in [0.05, 0.1) is 12.2 Å². The third-order valence-corrected chi connectivity index (χ3v) is 2.52. The highest BCUT2D eigenvalue weighted by atomic mass is 16.5. The molecular formula is C13H13NO4. The summed E-state index contributed by atoms with van der Waals surface area (Å²) in [4.78, 5) is 15.1. The van der Waals surface area contributed by atoms with Crippen LogP contribution in [0.25, 0.3) is 10.8 Å². The Morgan fingerprint density at radius 2 is 2.00 bits per heavy atom. The van der Waals surface area contributed by atoms with Gasteiger partial charge in [0.25, 0.3) is 0 Å². The molecule has 0 aliphatic rings. The second kappa shape index (κ2) is 5.46. The van der Waals surface area contributed by atoms with Crippen molar-refractivity contribution in [2.75, 3.05) is 20.3 Å². The molecule has 0 unspecified atom stereocenters. The standard InChI is InChI=1S/C13H13NO4/c1-17-6-7-18-12-10-5-3-2-4-9(10)11(8-14-12)13(15)16/h2-5,8H,6-7H2,1H3,(H,15,16). The number of hydrogen-bond donors (Lipinski definition) is 1. The number of ether oxygens (including phenoxy) is 2. The predicted molar refractivity (Wildman–Crippen MR) is 66.1 cm³/mol. The monoisotopic (exact) mass is 247 g/mol. The highest BCUT2D eigenvalue weighted by molar-refractivity contribution is 6.04. The number of carboxylic acids is 1. The van der Waals surface area contributed by atoms with E-state index in [2.05, 4.69) is 4.98 Å². The van der Waals surface area contributed by atoms with E-state index in [-0.39, 0.29) is 5.56 Å². The molecule has 0 bridgehead atoms. The van der Waals surface area contributed by atoms with E-state index in [1.807, 2.05) is 6.07 Å². The lowest BCUT2D eigenvalue weighted by Crippen LogP contribution is -2.07. The second-order valence-corrected chi connectivity index (χ2v) is 3.67. The summed E-state index contributed by atoms with van der Waals surface area (Å²) in [5, 5.41) is 10.4. The summed E-state index contributed by atoms with van der Waals surface area (Å²) >= 11 is 0. The van der Waals surface area contributed by atoms with E-state index in [0.717, 1.165) is 0 Å². The van der Waals surface area contributed by atoms with Gasteiger partial charge in [-0.15, -0.1) is 0 Å². The predicted octanol–water partition coefficient (Wildman–Crippen LogP) is 1.96. The van der Waals surface area contributed by atoms with Gasteiger partial charge in [-0.1, -0.05) is 18.2 Å². The van der Waals surface area contributed by atoms with Crippen LogP contribution in [0.1, 0.15) is 10.4 Å². The molecule has 5 heteroatoms. The van der Waals surface area contributed by atoms with Gasteiger partial charge in [0.2, 0.25) is 5.88 Å². The van der Waals surface area contributed by atoms with E-state index in [0.29, 0.717) is 29.9 Å². The quantitative estimate of drug-likeness (QED) is 0.818. The van der Waals surface area contributed by atoms with E-state index in [1.54, 1.807) is 25.3 Å². The van der Waals surface area contributed by atoms with E-state index < -0.39 is 5.97 Å². The van der Waals surface area contributed by atoms with Crippen LogP contribution < -0.4 is 4.74 Å². The third-order valence-electron chi connectivity index (χ3n) is 2.52. The molecule has 0 amide bonds. The van der Waals surface area contributed by atoms with Gasteiger partial charge < -0.3 is 14.6 Å². The molecule has 0 spiro atoms. The molecule has 2 rings (SSSR count). The first-order valence-corrected chi connectivity index (χ1v) is 5.47. The van der Waals surface area contributed by atoms with Crippen LogP contribution >= 0.6 is 0 Å². The lowest BCUT2D eigenvalue weighted by Gasteiger charge is -2.09. The zero-order valence-corrected chi connectivity index (χ0v) is 9.92. The molecule has 1 aromatic carbocycles. The fraction of sp³-hybridized carbons (Fsp3) is 0.231. The Kier molecular flexibility index (Phi) is 3.74. The van der Waals surface area contributed by atoms with Gasteiger partial charge >= 0.3 is 5.97 Å². The lowest BCUT2D eigenvalue weighted by molar-refractivity contribution is 0.0698. The lowest BCUT2D eigenvalue weighted by atomic mass is 10.1. The summed E-state index contributed by atoms with van der Waals surface area (Å²) < 4.78 is 10.4. The molecule has 0 aliphatic heterocycles. The topological polar surface area (TPSA) is 68.7 Å². The maximum atomic E-state index is 11.1. The van der Waals surface area contributed by atoms with E-state index in [9.17, 15) is 4.79 Å². The van der Waals surface area contributed by atoms with Crippen molar-refractivity contribution in [2.24, 2.45) is 0 Å². The van der Waals surface area contributed by atoms with Crippen molar-refractivity contribution in [3.63, 3.8) is 0 Å². The molecule has 1 N–H and O–H groups in total. The first-order chi connectivity index (χ1) is 8.74. The van der Waals surface area contributed by atoms with Crippen LogP contribution in [0, 0.1) is 0 Å². The second-order valence-electron chi connectivity index (χ2n) is 3.67. The highest BCUT2D eigenvalue weighted by Crippen LogP contribution is 2.25. The smallest absolute Gasteiger partial charge is 0.337 e. The Labute approximate surface area is 104 Å². The molecule has 94 valence electrons. The molecule has 0 saturated carbocycles. The van der Waals surface area contributed by atoms with Crippen LogP contribution in [0.5, 0.6) is 5.88 Å². The SMILES string of the molecule is COCCOc1ncc(C(=O)O)c2ccccc12. The Bertz CT molecular complexity index is 568. The molecule has 0 radical (unpaired) electrons. The number of benzene rings is 1. The van der Waals surface area contributed by atoms with Crippen molar-refractivity contribution in [2.45, 2.75) is 0 Å². The number of fused-ring (bicyclic) bond motifs is 1. The van der Waals surface area contributed by atoms with Crippen molar-refractivity contribution in [1.29, 1.82) is 0 Å². The van der Waals surface area contributed by atoms with Gasteiger partial charge in [0.1, 0.15) is 6.61 Å². The van der Waals surface area contributed by atoms with Gasteiger partial charge in [-0.05, 0) is 6.07 Å². The van der Waals surface area contributed by atoms with Crippen LogP contribution in [0.2, 0.25) is 0 Å². The normalized spacial score (nSPS) is 10.5. The Balaban J connectivity index is 2.44. The fourth-order valence-corrected chi connectivity index (χ4v) is 1.67. The number of hydrogen-bond acceptors (Lipinski definition) is 4. The summed E-state index contributed by atoms with van der Waals surface area (Å²) in [5.74, 6) is -0.574. The first kappa shape index (κ1) is 12.3. The van der Waals surface area contributed by atoms with Crippen LogP contribution in [0.3, 0.4) is 0 Å². The van der Waals surface area contributed by atoms with E-state index >= 15 is 0 Å². The summed E-state index contributed by atoms with van der Waals surface area (Å²) in [6.45, 7) is 0.830. The minimum atomic E-state index is -0.998. The van der Waals surface area contributed by atoms with Crippen LogP contribution in [0.4, 0.5) is 0 Å². The van der Waals surface area contributed by atoms with Gasteiger partial charge in [-0.25, -0.2) is 9.78 Å². The van der Waals surface area contributed by atoms with Gasteiger partial charge in [0.15, 0.2) is 0 Å². The number of carboxylic acid groups (broad SMARTS) is 1. The van der Waals surface area contributed by atoms with Gasteiger partial charge in [0, 0.05) is 24.1 Å². The number of methoxy groups -OCH3 is 1. The first-order valence-electron chi connectivity index (χ1n) is 5.47. The molecular weight excluding hydrogens is 234 g/mol. The van der Waals surface area contributed by atoms with E-state index in [1.165, 1.54) is 6.20 Å². The number of pyridine rings is 1. The minimum Gasteiger partial charge on any atom is -0.478 e. The minimum absolute atomic E-state index is 0.171. The fourth-order valence-electron chi connectivity index (χ4n) is 1.67. The average Bonchev–Trinajstić information content (AvgIpc) is 2.38. The van der Waals surface area contributed by atoms with Crippen LogP contribution in [0.15, 0.2) is 30.5 Å². The van der Waals surface area contributed by atoms with Gasteiger partial charge in [-0.3, -0.25) is 0 Å². The van der Waals surface area contributed by atoms with Crippen molar-refractivity contribution in [1.82, 2.24) is 4.98 Å². The third kappa shape index (κ3) is 2.41. The highest BCUT2D eigenvalue weighted by Gasteiger charge is 2.12. The molecule has 0 atom stereocenters. The largest absolute Gasteiger partial charge is 0.478 e. The molecule has 2 aromatic rings. The number of nitrogens with zero attached hydrogens (tertiary/aromatic N) is 1. The molecule has 1 heterocycles. The zero-order chi connectivity index (χ0) is 13.0. The summed E-state index contributed by atoms with van der Waals surface area (Å²) in [7, 11) is 1.59. The Hall–Kier alpha value is -2.14. The molecule has 0 aliphatic carbocycles. The molecule has 5 nitrogen and oxygen atoms in total. The van der Waals surface area contributed by atoms with Crippen molar-refractivity contribution in [3.8, 4) is 5.88 Å². The number of carbonyl (C=O) groups is 1. The van der Waals surface area contributed by atoms with Gasteiger partial charge in [-0.2, -0.15) is 0 Å². The molecule has 1 aromatic heterocycles. The molecule has 0 fully saturated rings. The average molecular weight is 247 g/mol. The zero-order valence-electron chi connectivity index (χ0n) is 9.92. The van der Waals surface area contributed by atoms with Crippen LogP contribution in [-0.2, 0) is 4.74 Å². The maximum absolute atomic E-state index is 11.1. The Morgan fingerprint density at radius 1 is 1.28 bits per heavy atom. The maximum Gasteiger partial charge on any atom is 0.337 e. The van der Waals surface area contributed by atoms with Crippen LogP contribution in [-0.4, -0.2) is 36.4 Å². The number of rotatable bonds is 5. The molecule has 18 heavy (non-hydrogen) atoms. The number of aromatic nitrogens is 1. The molecule has 0 saturated heterocycles. The summed E-state index contributed by atoms with van der Waals surface area (Å²) in [6.07, 6.45) is 1.31. The van der Waals surface area contributed by atoms with Crippen molar-refractivity contribution < 1.29 is 19.4 Å².